The van der Waals surface area contributed by atoms with Gasteiger partial charge in [-0.25, -0.2) is 13.5 Å². The van der Waals surface area contributed by atoms with Crippen LogP contribution in [-0.4, -0.2) is 57.0 Å². The zero-order chi connectivity index (χ0) is 24.2. The number of aromatic nitrogens is 3. The van der Waals surface area contributed by atoms with Crippen molar-refractivity contribution in [3.63, 3.8) is 0 Å². The summed E-state index contributed by atoms with van der Waals surface area (Å²) in [5.74, 6) is -0.0437. The molecule has 1 saturated heterocycles. The van der Waals surface area contributed by atoms with Crippen molar-refractivity contribution in [1.82, 2.24) is 19.5 Å². The van der Waals surface area contributed by atoms with Gasteiger partial charge in [0.05, 0.1) is 16.7 Å². The standard InChI is InChI=1S/C19H20ClF3N6O3S/c1-18(33(31,32)29-8-12(30)9-29)4-2-10(3-5-18)15-13(19(21,22)23)6-11(7-14(15)20)25-17-26-16(24)27-28-17/h2-4,6-7,12,30H,5,8-9H2,1H3,(H4,24,25,26,27,28). The van der Waals surface area contributed by atoms with Crippen molar-refractivity contribution in [3.05, 3.63) is 46.5 Å². The highest BCUT2D eigenvalue weighted by molar-refractivity contribution is 7.90. The fourth-order valence-corrected chi connectivity index (χ4v) is 5.84. The minimum Gasteiger partial charge on any atom is -0.390 e. The topological polar surface area (TPSA) is 137 Å². The summed E-state index contributed by atoms with van der Waals surface area (Å²) in [4.78, 5) is 3.79. The Morgan fingerprint density at radius 3 is 2.58 bits per heavy atom. The zero-order valence-corrected chi connectivity index (χ0v) is 18.8. The summed E-state index contributed by atoms with van der Waals surface area (Å²) in [6, 6.07) is 2.16. The zero-order valence-electron chi connectivity index (χ0n) is 17.2. The number of nitrogens with one attached hydrogen (secondary N) is 2. The monoisotopic (exact) mass is 504 g/mol. The average molecular weight is 505 g/mol. The molecule has 5 N–H and O–H groups in total. The van der Waals surface area contributed by atoms with Crippen LogP contribution in [0.4, 0.5) is 30.8 Å². The van der Waals surface area contributed by atoms with Crippen molar-refractivity contribution >= 4 is 44.8 Å². The molecule has 14 heteroatoms. The van der Waals surface area contributed by atoms with Crippen LogP contribution in [0.2, 0.25) is 5.02 Å². The second-order valence-corrected chi connectivity index (χ2v) is 10.8. The number of aliphatic hydroxyl groups is 1. The Morgan fingerprint density at radius 2 is 2.06 bits per heavy atom. The molecule has 1 fully saturated rings. The molecule has 0 amide bonds. The van der Waals surface area contributed by atoms with Gasteiger partial charge >= 0.3 is 6.18 Å². The summed E-state index contributed by atoms with van der Waals surface area (Å²) in [6.07, 6.45) is -1.40. The van der Waals surface area contributed by atoms with Crippen LogP contribution in [0.5, 0.6) is 0 Å². The molecule has 2 aliphatic rings. The van der Waals surface area contributed by atoms with E-state index >= 15 is 0 Å². The third-order valence-corrected chi connectivity index (χ3v) is 8.30. The summed E-state index contributed by atoms with van der Waals surface area (Å²) >= 11 is 6.26. The molecular formula is C19H20ClF3N6O3S. The van der Waals surface area contributed by atoms with E-state index in [1.807, 2.05) is 0 Å². The normalized spacial score (nSPS) is 22.2. The average Bonchev–Trinajstić information content (AvgIpc) is 3.10. The summed E-state index contributed by atoms with van der Waals surface area (Å²) < 4.78 is 67.3. The molecule has 1 unspecified atom stereocenters. The van der Waals surface area contributed by atoms with E-state index in [2.05, 4.69) is 20.5 Å². The molecule has 4 rings (SSSR count). The molecule has 0 radical (unpaired) electrons. The van der Waals surface area contributed by atoms with E-state index in [4.69, 9.17) is 17.3 Å². The van der Waals surface area contributed by atoms with Gasteiger partial charge in [-0.2, -0.15) is 22.5 Å². The molecule has 33 heavy (non-hydrogen) atoms. The maximum absolute atomic E-state index is 13.9. The number of anilines is 3. The van der Waals surface area contributed by atoms with Gasteiger partial charge in [-0.1, -0.05) is 29.8 Å². The molecule has 1 aromatic heterocycles. The van der Waals surface area contributed by atoms with Gasteiger partial charge < -0.3 is 16.2 Å². The molecule has 1 atom stereocenters. The third kappa shape index (κ3) is 4.33. The number of nitrogens with two attached hydrogens (primary N) is 1. The number of allylic oxidation sites excluding steroid dienone is 3. The Kier molecular flexibility index (Phi) is 5.71. The summed E-state index contributed by atoms with van der Waals surface area (Å²) in [5.41, 5.74) is 4.30. The van der Waals surface area contributed by atoms with Crippen LogP contribution in [0, 0.1) is 0 Å². The van der Waals surface area contributed by atoms with E-state index in [0.29, 0.717) is 0 Å². The maximum atomic E-state index is 13.9. The summed E-state index contributed by atoms with van der Waals surface area (Å²) in [5, 5.41) is 17.9. The van der Waals surface area contributed by atoms with Crippen LogP contribution in [0.25, 0.3) is 5.57 Å². The number of alkyl halides is 3. The molecule has 1 aliphatic heterocycles. The SMILES string of the molecule is CC1(S(=O)(=O)N2CC(O)C2)C=CC(c2c(Cl)cc(Nc3n[nH]c(N)n3)cc2C(F)(F)F)=CC1. The highest BCUT2D eigenvalue weighted by Gasteiger charge is 2.46. The first kappa shape index (κ1) is 23.5. The first-order chi connectivity index (χ1) is 15.3. The summed E-state index contributed by atoms with van der Waals surface area (Å²) in [6.45, 7) is 1.48. The van der Waals surface area contributed by atoms with E-state index in [9.17, 15) is 26.7 Å². The predicted octanol–water partition coefficient (Wildman–Crippen LogP) is 2.91. The molecule has 1 aromatic carbocycles. The Morgan fingerprint density at radius 1 is 1.36 bits per heavy atom. The van der Waals surface area contributed by atoms with E-state index in [1.165, 1.54) is 31.2 Å². The number of hydrogen-bond donors (Lipinski definition) is 4. The smallest absolute Gasteiger partial charge is 0.390 e. The number of sulfonamides is 1. The van der Waals surface area contributed by atoms with Crippen molar-refractivity contribution in [1.29, 1.82) is 0 Å². The van der Waals surface area contributed by atoms with E-state index in [-0.39, 0.29) is 53.3 Å². The number of aromatic amines is 1. The second-order valence-electron chi connectivity index (χ2n) is 8.03. The van der Waals surface area contributed by atoms with Crippen molar-refractivity contribution in [2.24, 2.45) is 0 Å². The Bertz CT molecular complexity index is 1250. The van der Waals surface area contributed by atoms with Crippen molar-refractivity contribution < 1.29 is 26.7 Å². The fraction of sp³-hybridized carbons (Fsp3) is 0.368. The number of H-pyrrole nitrogens is 1. The Hall–Kier alpha value is -2.61. The lowest BCUT2D eigenvalue weighted by Gasteiger charge is -2.41. The fourth-order valence-electron chi connectivity index (χ4n) is 3.65. The van der Waals surface area contributed by atoms with Gasteiger partial charge in [-0.15, -0.1) is 5.10 Å². The van der Waals surface area contributed by atoms with Crippen LogP contribution >= 0.6 is 11.6 Å². The number of aliphatic hydroxyl groups excluding tert-OH is 1. The number of nitrogens with zero attached hydrogens (tertiary/aromatic N) is 3. The molecule has 0 spiro atoms. The van der Waals surface area contributed by atoms with Gasteiger partial charge in [0.15, 0.2) is 0 Å². The highest BCUT2D eigenvalue weighted by atomic mass is 35.5. The largest absolute Gasteiger partial charge is 0.417 e. The lowest BCUT2D eigenvalue weighted by molar-refractivity contribution is -0.137. The number of β-amino-alcohol motifs (C(OH)–C–C–N with tert-alkyl or cyclic N) is 1. The van der Waals surface area contributed by atoms with Crippen LogP contribution in [0.1, 0.15) is 24.5 Å². The summed E-state index contributed by atoms with van der Waals surface area (Å²) in [7, 11) is -3.80. The second kappa shape index (κ2) is 8.01. The maximum Gasteiger partial charge on any atom is 0.417 e. The number of nitrogen functional groups attached to an aromatic ring is 1. The van der Waals surface area contributed by atoms with E-state index in [0.717, 1.165) is 10.4 Å². The molecule has 178 valence electrons. The van der Waals surface area contributed by atoms with Gasteiger partial charge in [0, 0.05) is 24.3 Å². The first-order valence-corrected chi connectivity index (χ1v) is 11.6. The quantitative estimate of drug-likeness (QED) is 0.491. The predicted molar refractivity (Wildman–Crippen MR) is 117 cm³/mol. The molecule has 9 nitrogen and oxygen atoms in total. The number of halogens is 4. The molecular weight excluding hydrogens is 485 g/mol. The van der Waals surface area contributed by atoms with Crippen LogP contribution in [0.3, 0.4) is 0 Å². The lowest BCUT2D eigenvalue weighted by Crippen LogP contribution is -2.58. The van der Waals surface area contributed by atoms with Gasteiger partial charge in [-0.3, -0.25) is 0 Å². The highest BCUT2D eigenvalue weighted by Crippen LogP contribution is 2.44. The van der Waals surface area contributed by atoms with Crippen molar-refractivity contribution in [2.45, 2.75) is 30.4 Å². The van der Waals surface area contributed by atoms with Gasteiger partial charge in [0.2, 0.25) is 21.9 Å². The molecule has 0 bridgehead atoms. The van der Waals surface area contributed by atoms with Crippen molar-refractivity contribution in [3.8, 4) is 0 Å². The van der Waals surface area contributed by atoms with E-state index in [1.54, 1.807) is 0 Å². The first-order valence-electron chi connectivity index (χ1n) is 9.73. The third-order valence-electron chi connectivity index (χ3n) is 5.54. The molecule has 1 aliphatic carbocycles. The number of hydrogen-bond acceptors (Lipinski definition) is 7. The van der Waals surface area contributed by atoms with Crippen molar-refractivity contribution in [2.75, 3.05) is 24.1 Å². The minimum atomic E-state index is -4.75. The molecule has 0 saturated carbocycles. The number of benzene rings is 1. The van der Waals surface area contributed by atoms with Crippen LogP contribution in [-0.2, 0) is 16.2 Å². The van der Waals surface area contributed by atoms with Gasteiger partial charge in [-0.05, 0) is 31.1 Å². The van der Waals surface area contributed by atoms with Crippen LogP contribution in [0.15, 0.2) is 30.4 Å². The van der Waals surface area contributed by atoms with Gasteiger partial charge in [0.1, 0.15) is 4.75 Å². The minimum absolute atomic E-state index is 0.000721. The van der Waals surface area contributed by atoms with Gasteiger partial charge in [0.25, 0.3) is 0 Å². The number of rotatable bonds is 5. The van der Waals surface area contributed by atoms with E-state index < -0.39 is 32.6 Å². The molecule has 2 aromatic rings. The Balaban J connectivity index is 1.67. The Labute approximate surface area is 192 Å². The lowest BCUT2D eigenvalue weighted by atomic mass is 9.90. The molecule has 2 heterocycles. The van der Waals surface area contributed by atoms with Crippen LogP contribution < -0.4 is 11.1 Å².